The quantitative estimate of drug-likeness (QED) is 0.596. The zero-order valence-electron chi connectivity index (χ0n) is 15.2. The molecule has 0 saturated carbocycles. The predicted octanol–water partition coefficient (Wildman–Crippen LogP) is 4.56. The van der Waals surface area contributed by atoms with Crippen LogP contribution >= 0.6 is 34.3 Å². The Hall–Kier alpha value is -1.78. The number of carbonyl (C=O) groups excluding carboxylic acids is 1. The molecule has 4 rings (SSSR count). The monoisotopic (exact) mass is 467 g/mol. The Morgan fingerprint density at radius 2 is 1.86 bits per heavy atom. The van der Waals surface area contributed by atoms with Crippen LogP contribution in [-0.4, -0.2) is 36.7 Å². The van der Waals surface area contributed by atoms with Crippen molar-refractivity contribution < 1.29 is 13.2 Å². The van der Waals surface area contributed by atoms with Crippen molar-refractivity contribution in [2.75, 3.05) is 18.4 Å². The molecule has 1 aliphatic rings. The van der Waals surface area contributed by atoms with Crippen LogP contribution < -0.4 is 5.32 Å². The van der Waals surface area contributed by atoms with Crippen molar-refractivity contribution in [3.63, 3.8) is 0 Å². The molecule has 152 valence electrons. The lowest BCUT2D eigenvalue weighted by molar-refractivity contribution is -0.120. The molecule has 3 heterocycles. The fraction of sp³-hybridized carbons (Fsp3) is 0.263. The van der Waals surface area contributed by atoms with Crippen LogP contribution in [0.15, 0.2) is 51.4 Å². The van der Waals surface area contributed by atoms with Gasteiger partial charge in [-0.25, -0.2) is 13.4 Å². The number of rotatable bonds is 5. The highest BCUT2D eigenvalue weighted by molar-refractivity contribution is 7.91. The second-order valence-electron chi connectivity index (χ2n) is 6.64. The predicted molar refractivity (Wildman–Crippen MR) is 117 cm³/mol. The molecular formula is C19H18ClN3O3S3. The fourth-order valence-electron chi connectivity index (χ4n) is 3.19. The second-order valence-corrected chi connectivity index (χ2v) is 11.1. The number of hydrogen-bond donors (Lipinski definition) is 1. The van der Waals surface area contributed by atoms with Gasteiger partial charge in [0.2, 0.25) is 5.91 Å². The minimum absolute atomic E-state index is 0.116. The third-order valence-corrected chi connectivity index (χ3v) is 9.07. The number of carbonyl (C=O) groups is 1. The number of amides is 1. The van der Waals surface area contributed by atoms with Crippen LogP contribution in [0.4, 0.5) is 5.13 Å². The van der Waals surface area contributed by atoms with Crippen molar-refractivity contribution in [1.82, 2.24) is 9.29 Å². The van der Waals surface area contributed by atoms with Crippen molar-refractivity contribution in [3.8, 4) is 11.3 Å². The maximum atomic E-state index is 12.6. The molecule has 0 spiro atoms. The van der Waals surface area contributed by atoms with Gasteiger partial charge in [-0.2, -0.15) is 4.31 Å². The van der Waals surface area contributed by atoms with Gasteiger partial charge in [0.05, 0.1) is 5.69 Å². The molecule has 0 unspecified atom stereocenters. The van der Waals surface area contributed by atoms with Gasteiger partial charge in [0.25, 0.3) is 10.0 Å². The van der Waals surface area contributed by atoms with E-state index in [1.54, 1.807) is 29.6 Å². The summed E-state index contributed by atoms with van der Waals surface area (Å²) < 4.78 is 27.0. The molecule has 2 aromatic heterocycles. The summed E-state index contributed by atoms with van der Waals surface area (Å²) in [4.78, 5) is 17.1. The first-order valence-electron chi connectivity index (χ1n) is 8.99. The molecule has 29 heavy (non-hydrogen) atoms. The molecule has 0 bridgehead atoms. The van der Waals surface area contributed by atoms with E-state index in [-0.39, 0.29) is 11.8 Å². The van der Waals surface area contributed by atoms with Gasteiger partial charge in [0.15, 0.2) is 5.13 Å². The highest BCUT2D eigenvalue weighted by atomic mass is 35.5. The Labute approximate surface area is 182 Å². The Bertz CT molecular complexity index is 1090. The van der Waals surface area contributed by atoms with Crippen molar-refractivity contribution in [3.05, 3.63) is 52.2 Å². The third-order valence-electron chi connectivity index (χ3n) is 4.79. The first-order chi connectivity index (χ1) is 13.9. The van der Waals surface area contributed by atoms with E-state index in [0.717, 1.165) is 11.3 Å². The van der Waals surface area contributed by atoms with Gasteiger partial charge >= 0.3 is 0 Å². The van der Waals surface area contributed by atoms with Gasteiger partial charge in [-0.3, -0.25) is 4.79 Å². The lowest BCUT2D eigenvalue weighted by Gasteiger charge is -2.29. The molecule has 10 heteroatoms. The van der Waals surface area contributed by atoms with Gasteiger partial charge in [-0.15, -0.1) is 22.7 Å². The van der Waals surface area contributed by atoms with Gasteiger partial charge in [0, 0.05) is 35.0 Å². The largest absolute Gasteiger partial charge is 0.302 e. The summed E-state index contributed by atoms with van der Waals surface area (Å²) in [6, 6.07) is 10.7. The Morgan fingerprint density at radius 3 is 2.52 bits per heavy atom. The molecule has 0 radical (unpaired) electrons. The molecule has 1 aliphatic heterocycles. The van der Waals surface area contributed by atoms with E-state index < -0.39 is 10.0 Å². The summed E-state index contributed by atoms with van der Waals surface area (Å²) in [5, 5.41) is 7.70. The van der Waals surface area contributed by atoms with E-state index in [9.17, 15) is 13.2 Å². The van der Waals surface area contributed by atoms with E-state index >= 15 is 0 Å². The van der Waals surface area contributed by atoms with Crippen LogP contribution in [0.1, 0.15) is 12.8 Å². The van der Waals surface area contributed by atoms with E-state index in [4.69, 9.17) is 11.6 Å². The molecule has 1 N–H and O–H groups in total. The lowest BCUT2D eigenvalue weighted by atomic mass is 9.97. The zero-order chi connectivity index (χ0) is 20.4. The maximum Gasteiger partial charge on any atom is 0.252 e. The number of benzene rings is 1. The number of thiophene rings is 1. The molecule has 1 amide bonds. The van der Waals surface area contributed by atoms with Gasteiger partial charge < -0.3 is 5.32 Å². The van der Waals surface area contributed by atoms with Crippen LogP contribution in [0.2, 0.25) is 5.02 Å². The number of piperidine rings is 1. The van der Waals surface area contributed by atoms with Crippen LogP contribution in [0, 0.1) is 5.92 Å². The highest BCUT2D eigenvalue weighted by Crippen LogP contribution is 2.29. The second kappa shape index (κ2) is 8.53. The molecule has 1 fully saturated rings. The van der Waals surface area contributed by atoms with E-state index in [0.29, 0.717) is 40.3 Å². The van der Waals surface area contributed by atoms with Crippen LogP contribution in [0.25, 0.3) is 11.3 Å². The van der Waals surface area contributed by atoms with Crippen LogP contribution in [0.3, 0.4) is 0 Å². The SMILES string of the molecule is O=C(Nc1nc(-c2ccc(Cl)cc2)cs1)C1CCN(S(=O)(=O)c2cccs2)CC1. The maximum absolute atomic E-state index is 12.6. The van der Waals surface area contributed by atoms with Crippen LogP contribution in [-0.2, 0) is 14.8 Å². The van der Waals surface area contributed by atoms with Gasteiger partial charge in [0.1, 0.15) is 4.21 Å². The topological polar surface area (TPSA) is 79.4 Å². The summed E-state index contributed by atoms with van der Waals surface area (Å²) in [5.74, 6) is -0.345. The number of anilines is 1. The average Bonchev–Trinajstić information content (AvgIpc) is 3.41. The first-order valence-corrected chi connectivity index (χ1v) is 12.6. The average molecular weight is 468 g/mol. The molecular weight excluding hydrogens is 450 g/mol. The number of sulfonamides is 1. The van der Waals surface area contributed by atoms with Gasteiger partial charge in [-0.05, 0) is 36.4 Å². The van der Waals surface area contributed by atoms with Crippen LogP contribution in [0.5, 0.6) is 0 Å². The fourth-order valence-corrected chi connectivity index (χ4v) is 6.65. The summed E-state index contributed by atoms with van der Waals surface area (Å²) >= 11 is 8.48. The number of hydrogen-bond acceptors (Lipinski definition) is 6. The standard InChI is InChI=1S/C19H18ClN3O3S3/c20-15-5-3-13(4-6-15)16-12-28-19(21-16)22-18(24)14-7-9-23(10-8-14)29(25,26)17-2-1-11-27-17/h1-6,11-12,14H,7-10H2,(H,21,22,24). The minimum Gasteiger partial charge on any atom is -0.302 e. The number of halogens is 1. The Balaban J connectivity index is 1.35. The van der Waals surface area contributed by atoms with E-state index in [2.05, 4.69) is 10.3 Å². The summed E-state index contributed by atoms with van der Waals surface area (Å²) in [6.45, 7) is 0.679. The zero-order valence-corrected chi connectivity index (χ0v) is 18.5. The van der Waals surface area contributed by atoms with E-state index in [1.165, 1.54) is 27.0 Å². The minimum atomic E-state index is -3.46. The highest BCUT2D eigenvalue weighted by Gasteiger charge is 2.32. The molecule has 1 aromatic carbocycles. The number of thiazole rings is 1. The lowest BCUT2D eigenvalue weighted by Crippen LogP contribution is -2.41. The summed E-state index contributed by atoms with van der Waals surface area (Å²) in [5.41, 5.74) is 1.71. The number of nitrogens with one attached hydrogen (secondary N) is 1. The van der Waals surface area contributed by atoms with Crippen molar-refractivity contribution in [1.29, 1.82) is 0 Å². The number of nitrogens with zero attached hydrogens (tertiary/aromatic N) is 2. The van der Waals surface area contributed by atoms with Crippen molar-refractivity contribution in [2.24, 2.45) is 5.92 Å². The molecule has 0 atom stereocenters. The Morgan fingerprint density at radius 1 is 1.14 bits per heavy atom. The summed E-state index contributed by atoms with van der Waals surface area (Å²) in [6.07, 6.45) is 0.984. The molecule has 3 aromatic rings. The first kappa shape index (κ1) is 20.5. The summed E-state index contributed by atoms with van der Waals surface area (Å²) in [7, 11) is -3.46. The van der Waals surface area contributed by atoms with Gasteiger partial charge in [-0.1, -0.05) is 29.8 Å². The van der Waals surface area contributed by atoms with E-state index in [1.807, 2.05) is 17.5 Å². The molecule has 6 nitrogen and oxygen atoms in total. The van der Waals surface area contributed by atoms with Crippen molar-refractivity contribution in [2.45, 2.75) is 17.1 Å². The number of aromatic nitrogens is 1. The molecule has 0 aliphatic carbocycles. The smallest absolute Gasteiger partial charge is 0.252 e. The van der Waals surface area contributed by atoms with Crippen molar-refractivity contribution >= 4 is 55.3 Å². The third kappa shape index (κ3) is 4.54. The Kier molecular flexibility index (Phi) is 6.03. The molecule has 1 saturated heterocycles. The normalized spacial score (nSPS) is 16.0.